The van der Waals surface area contributed by atoms with E-state index in [0.717, 1.165) is 0 Å². The van der Waals surface area contributed by atoms with Gasteiger partial charge in [-0.1, -0.05) is 36.4 Å². The van der Waals surface area contributed by atoms with Crippen molar-refractivity contribution in [2.24, 2.45) is 0 Å². The number of phenols is 2. The smallest absolute Gasteiger partial charge is 0.332 e. The molecular formula is C18H16O6. The van der Waals surface area contributed by atoms with Crippen molar-refractivity contribution < 1.29 is 30.0 Å². The average Bonchev–Trinajstić information content (AvgIpc) is 2.53. The first-order chi connectivity index (χ1) is 11.4. The van der Waals surface area contributed by atoms with Gasteiger partial charge in [-0.25, -0.2) is 9.59 Å². The van der Waals surface area contributed by atoms with Crippen molar-refractivity contribution in [3.63, 3.8) is 0 Å². The molecule has 0 heterocycles. The van der Waals surface area contributed by atoms with Crippen LogP contribution in [-0.2, 0) is 22.4 Å². The van der Waals surface area contributed by atoms with Gasteiger partial charge in [0.15, 0.2) is 0 Å². The molecule has 0 spiro atoms. The number of carboxylic acids is 2. The highest BCUT2D eigenvalue weighted by Crippen LogP contribution is 2.25. The predicted octanol–water partition coefficient (Wildman–Crippen LogP) is 2.35. The molecule has 0 saturated heterocycles. The van der Waals surface area contributed by atoms with Crippen molar-refractivity contribution in [1.82, 2.24) is 0 Å². The van der Waals surface area contributed by atoms with Crippen LogP contribution in [0.2, 0.25) is 0 Å². The molecule has 0 unspecified atom stereocenters. The summed E-state index contributed by atoms with van der Waals surface area (Å²) in [5.41, 5.74) is -0.0589. The third-order valence-corrected chi connectivity index (χ3v) is 3.60. The minimum Gasteiger partial charge on any atom is -0.508 e. The van der Waals surface area contributed by atoms with E-state index in [1.54, 1.807) is 24.3 Å². The van der Waals surface area contributed by atoms with Crippen LogP contribution >= 0.6 is 0 Å². The van der Waals surface area contributed by atoms with Crippen LogP contribution in [0.1, 0.15) is 11.1 Å². The Morgan fingerprint density at radius 2 is 1.00 bits per heavy atom. The quantitative estimate of drug-likeness (QED) is 0.605. The predicted molar refractivity (Wildman–Crippen MR) is 85.9 cm³/mol. The summed E-state index contributed by atoms with van der Waals surface area (Å²) < 4.78 is 0. The minimum atomic E-state index is -1.38. The van der Waals surface area contributed by atoms with E-state index in [0.29, 0.717) is 11.1 Å². The maximum Gasteiger partial charge on any atom is 0.332 e. The Labute approximate surface area is 137 Å². The van der Waals surface area contributed by atoms with Gasteiger partial charge in [-0.15, -0.1) is 0 Å². The zero-order valence-corrected chi connectivity index (χ0v) is 12.6. The van der Waals surface area contributed by atoms with Gasteiger partial charge in [0.05, 0.1) is 11.1 Å². The lowest BCUT2D eigenvalue weighted by molar-refractivity contribution is -0.136. The molecule has 6 nitrogen and oxygen atoms in total. The van der Waals surface area contributed by atoms with Crippen LogP contribution in [0.15, 0.2) is 59.7 Å². The summed E-state index contributed by atoms with van der Waals surface area (Å²) in [6.45, 7) is 0. The molecule has 6 heteroatoms. The van der Waals surface area contributed by atoms with Crippen LogP contribution < -0.4 is 0 Å². The molecular weight excluding hydrogens is 312 g/mol. The molecule has 4 N–H and O–H groups in total. The molecule has 0 bridgehead atoms. The second kappa shape index (κ2) is 7.32. The fraction of sp³-hybridized carbons (Fsp3) is 0.111. The number of aliphatic carboxylic acids is 2. The molecule has 0 aliphatic heterocycles. The molecule has 124 valence electrons. The Kier molecular flexibility index (Phi) is 5.21. The maximum absolute atomic E-state index is 11.6. The lowest BCUT2D eigenvalue weighted by Crippen LogP contribution is -2.15. The Bertz CT molecular complexity index is 739. The van der Waals surface area contributed by atoms with Gasteiger partial charge in [-0.3, -0.25) is 0 Å². The third kappa shape index (κ3) is 3.92. The van der Waals surface area contributed by atoms with E-state index in [-0.39, 0.29) is 35.5 Å². The topological polar surface area (TPSA) is 115 Å². The van der Waals surface area contributed by atoms with Gasteiger partial charge in [0.25, 0.3) is 0 Å². The molecule has 0 amide bonds. The van der Waals surface area contributed by atoms with Gasteiger partial charge in [-0.05, 0) is 23.3 Å². The van der Waals surface area contributed by atoms with Gasteiger partial charge in [0.1, 0.15) is 11.5 Å². The number of rotatable bonds is 6. The number of hydrogen-bond acceptors (Lipinski definition) is 4. The van der Waals surface area contributed by atoms with E-state index in [4.69, 9.17) is 0 Å². The van der Waals surface area contributed by atoms with Crippen LogP contribution in [0, 0.1) is 0 Å². The van der Waals surface area contributed by atoms with E-state index in [1.165, 1.54) is 24.3 Å². The second-order valence-electron chi connectivity index (χ2n) is 5.18. The maximum atomic E-state index is 11.6. The van der Waals surface area contributed by atoms with E-state index in [9.17, 15) is 30.0 Å². The molecule has 0 aliphatic carbocycles. The van der Waals surface area contributed by atoms with E-state index < -0.39 is 11.9 Å². The molecule has 0 fully saturated rings. The van der Waals surface area contributed by atoms with Gasteiger partial charge >= 0.3 is 11.9 Å². The van der Waals surface area contributed by atoms with Crippen molar-refractivity contribution in [2.45, 2.75) is 12.8 Å². The average molecular weight is 328 g/mol. The molecule has 0 atom stereocenters. The van der Waals surface area contributed by atoms with Crippen molar-refractivity contribution >= 4 is 11.9 Å². The van der Waals surface area contributed by atoms with E-state index >= 15 is 0 Å². The molecule has 0 radical (unpaired) electrons. The number of hydrogen-bond donors (Lipinski definition) is 4. The summed E-state index contributed by atoms with van der Waals surface area (Å²) >= 11 is 0. The highest BCUT2D eigenvalue weighted by atomic mass is 16.4. The Morgan fingerprint density at radius 3 is 1.29 bits per heavy atom. The molecule has 2 aromatic carbocycles. The van der Waals surface area contributed by atoms with Gasteiger partial charge in [0.2, 0.25) is 0 Å². The first-order valence-electron chi connectivity index (χ1n) is 7.12. The molecule has 24 heavy (non-hydrogen) atoms. The zero-order valence-electron chi connectivity index (χ0n) is 12.6. The van der Waals surface area contributed by atoms with Crippen LogP contribution in [0.25, 0.3) is 0 Å². The minimum absolute atomic E-state index is 0.108. The standard InChI is InChI=1S/C18H16O6/c19-15-7-3-1-5-11(15)9-13(17(21)22)14(18(23)24)10-12-6-2-4-8-16(12)20/h1-8,19-20H,9-10H2,(H,21,22)(H,23,24)/b14-13+. The Morgan fingerprint density at radius 1 is 0.667 bits per heavy atom. The highest BCUT2D eigenvalue weighted by molar-refractivity contribution is 5.99. The second-order valence-corrected chi connectivity index (χ2v) is 5.18. The van der Waals surface area contributed by atoms with Gasteiger partial charge in [-0.2, -0.15) is 0 Å². The number of aromatic hydroxyl groups is 2. The summed E-state index contributed by atoms with van der Waals surface area (Å²) in [6, 6.07) is 12.3. The van der Waals surface area contributed by atoms with E-state index in [1.807, 2.05) is 0 Å². The Balaban J connectivity index is 2.48. The van der Waals surface area contributed by atoms with Crippen molar-refractivity contribution in [1.29, 1.82) is 0 Å². The molecule has 0 aliphatic rings. The number of carboxylic acid groups (broad SMARTS) is 2. The fourth-order valence-electron chi connectivity index (χ4n) is 2.32. The molecule has 2 rings (SSSR count). The summed E-state index contributed by atoms with van der Waals surface area (Å²) in [4.78, 5) is 23.1. The van der Waals surface area contributed by atoms with Crippen molar-refractivity contribution in [3.8, 4) is 11.5 Å². The van der Waals surface area contributed by atoms with Crippen LogP contribution in [0.4, 0.5) is 0 Å². The Hall–Kier alpha value is -3.28. The molecule has 0 saturated carbocycles. The van der Waals surface area contributed by atoms with E-state index in [2.05, 4.69) is 0 Å². The largest absolute Gasteiger partial charge is 0.508 e. The summed E-state index contributed by atoms with van der Waals surface area (Å²) in [5.74, 6) is -2.98. The van der Waals surface area contributed by atoms with Crippen LogP contribution in [0.3, 0.4) is 0 Å². The first-order valence-corrected chi connectivity index (χ1v) is 7.12. The lowest BCUT2D eigenvalue weighted by Gasteiger charge is -2.11. The van der Waals surface area contributed by atoms with Crippen molar-refractivity contribution in [3.05, 3.63) is 70.8 Å². The molecule has 2 aromatic rings. The van der Waals surface area contributed by atoms with Gasteiger partial charge in [0, 0.05) is 12.8 Å². The summed E-state index contributed by atoms with van der Waals surface area (Å²) in [7, 11) is 0. The number of phenolic OH excluding ortho intramolecular Hbond substituents is 2. The SMILES string of the molecule is O=C(O)/C(Cc1ccccc1O)=C(\Cc1ccccc1O)C(=O)O. The number of benzene rings is 2. The highest BCUT2D eigenvalue weighted by Gasteiger charge is 2.22. The van der Waals surface area contributed by atoms with Crippen LogP contribution in [-0.4, -0.2) is 32.4 Å². The summed E-state index contributed by atoms with van der Waals surface area (Å²) in [5, 5.41) is 38.4. The normalized spacial score (nSPS) is 11.7. The van der Waals surface area contributed by atoms with Crippen LogP contribution in [0.5, 0.6) is 11.5 Å². The zero-order chi connectivity index (χ0) is 17.7. The molecule has 0 aromatic heterocycles. The van der Waals surface area contributed by atoms with Crippen molar-refractivity contribution in [2.75, 3.05) is 0 Å². The first kappa shape index (κ1) is 17.1. The number of para-hydroxylation sites is 2. The van der Waals surface area contributed by atoms with Gasteiger partial charge < -0.3 is 20.4 Å². The lowest BCUT2D eigenvalue weighted by atomic mass is 9.94. The summed E-state index contributed by atoms with van der Waals surface area (Å²) in [6.07, 6.45) is -0.478. The number of carbonyl (C=O) groups is 2. The fourth-order valence-corrected chi connectivity index (χ4v) is 2.32. The monoisotopic (exact) mass is 328 g/mol. The third-order valence-electron chi connectivity index (χ3n) is 3.60.